The second-order valence-electron chi connectivity index (χ2n) is 22.0. The number of benzene rings is 1. The van der Waals surface area contributed by atoms with Crippen LogP contribution in [0.4, 0.5) is 0 Å². The van der Waals surface area contributed by atoms with Gasteiger partial charge in [-0.3, -0.25) is 16.0 Å². The van der Waals surface area contributed by atoms with Crippen molar-refractivity contribution in [1.82, 2.24) is 25.1 Å². The van der Waals surface area contributed by atoms with Crippen LogP contribution in [0.25, 0.3) is 34.3 Å². The highest BCUT2D eigenvalue weighted by Gasteiger charge is 2.47. The molecule has 0 bridgehead atoms. The van der Waals surface area contributed by atoms with Crippen molar-refractivity contribution in [1.29, 1.82) is 5.26 Å². The van der Waals surface area contributed by atoms with Crippen LogP contribution in [0.3, 0.4) is 0 Å². The van der Waals surface area contributed by atoms with Crippen LogP contribution >= 0.6 is 0 Å². The third kappa shape index (κ3) is 6.91. The van der Waals surface area contributed by atoms with Crippen LogP contribution in [0.15, 0.2) is 106 Å². The Morgan fingerprint density at radius 2 is 1.58 bits per heavy atom. The molecule has 9 aliphatic rings. The van der Waals surface area contributed by atoms with Crippen LogP contribution in [0.1, 0.15) is 156 Å². The lowest BCUT2D eigenvalue weighted by molar-refractivity contribution is 0.179. The minimum Gasteiger partial charge on any atom is -0.461 e. The zero-order valence-electron chi connectivity index (χ0n) is 40.9. The number of ether oxygens (including phenoxy) is 1. The largest absolute Gasteiger partial charge is 0.461 e. The third-order valence-corrected chi connectivity index (χ3v) is 16.9. The Morgan fingerprint density at radius 3 is 2.37 bits per heavy atom. The van der Waals surface area contributed by atoms with Crippen molar-refractivity contribution in [2.24, 2.45) is 23.7 Å². The van der Waals surface area contributed by atoms with E-state index in [9.17, 15) is 5.26 Å². The minimum absolute atomic E-state index is 0.0163. The standard InChI is InChI=1S/C60H68N6O/c1-32-21-36(5)54-44(25-32)45-26-33(2)22-37(6)55(45)65(54)49-30-50(66-56-38(7)23-34(3)27-46(56)47-28-35(4)24-39(8)57(47)66)48(29-41(49)31-61)60-63-58(40-15-10-9-11-16-40)62-59(64-60)43-18-14-20-52-53(43)42-17-12-13-19-51(42)67-52/h9-10,12-13,15,19-21,23,25-26,28,30,34,37,39,41-42,48-49,58-60,62-64H,11,14,16-18,22,24,27,29H2,1-8H3. The Labute approximate surface area is 398 Å². The molecule has 2 aliphatic heterocycles. The maximum Gasteiger partial charge on any atom is 0.127 e. The summed E-state index contributed by atoms with van der Waals surface area (Å²) >= 11 is 0. The smallest absolute Gasteiger partial charge is 0.127 e. The Kier molecular flexibility index (Phi) is 10.5. The maximum atomic E-state index is 11.7. The molecule has 3 aromatic rings. The summed E-state index contributed by atoms with van der Waals surface area (Å²) in [6.07, 6.45) is 34.5. The van der Waals surface area contributed by atoms with Crippen molar-refractivity contribution >= 4 is 34.3 Å². The molecule has 0 amide bonds. The third-order valence-electron chi connectivity index (χ3n) is 16.9. The van der Waals surface area contributed by atoms with Crippen LogP contribution in [-0.4, -0.2) is 27.6 Å². The van der Waals surface area contributed by atoms with Crippen molar-refractivity contribution in [2.75, 3.05) is 0 Å². The molecule has 2 saturated heterocycles. The number of nitriles is 1. The Hall–Kier alpha value is -5.39. The number of nitrogens with one attached hydrogen (secondary N) is 3. The molecule has 7 heteroatoms. The van der Waals surface area contributed by atoms with E-state index < -0.39 is 0 Å². The average molecular weight is 889 g/mol. The van der Waals surface area contributed by atoms with Gasteiger partial charge in [-0.15, -0.1) is 0 Å². The van der Waals surface area contributed by atoms with Gasteiger partial charge in [0.25, 0.3) is 0 Å². The number of hydrogen-bond acceptors (Lipinski definition) is 5. The van der Waals surface area contributed by atoms with Gasteiger partial charge in [0.15, 0.2) is 0 Å². The quantitative estimate of drug-likeness (QED) is 0.238. The van der Waals surface area contributed by atoms with Crippen molar-refractivity contribution in [2.45, 2.75) is 150 Å². The molecule has 7 nitrogen and oxygen atoms in total. The first-order valence-corrected chi connectivity index (χ1v) is 25.6. The lowest BCUT2D eigenvalue weighted by Crippen LogP contribution is -2.70. The normalized spacial score (nSPS) is 32.0. The van der Waals surface area contributed by atoms with Crippen molar-refractivity contribution in [3.8, 4) is 6.07 Å². The molecule has 1 aromatic carbocycles. The van der Waals surface area contributed by atoms with Crippen LogP contribution < -0.4 is 16.0 Å². The number of aryl methyl sites for hydroxylation is 2. The monoisotopic (exact) mass is 889 g/mol. The fourth-order valence-electron chi connectivity index (χ4n) is 14.4. The fraction of sp³-hybridized carbons (Fsp3) is 0.450. The van der Waals surface area contributed by atoms with E-state index in [0.717, 1.165) is 69.3 Å². The number of allylic oxidation sites excluding steroid dienone is 14. The molecule has 2 aromatic heterocycles. The number of aromatic nitrogens is 2. The Bertz CT molecular complexity index is 3010. The van der Waals surface area contributed by atoms with Gasteiger partial charge in [0.05, 0.1) is 47.7 Å². The second kappa shape index (κ2) is 16.4. The zero-order chi connectivity index (χ0) is 46.0. The summed E-state index contributed by atoms with van der Waals surface area (Å²) in [5, 5.41) is 25.7. The van der Waals surface area contributed by atoms with E-state index in [-0.39, 0.29) is 42.3 Å². The lowest BCUT2D eigenvalue weighted by atomic mass is 9.77. The number of rotatable bonds is 5. The Morgan fingerprint density at radius 1 is 0.806 bits per heavy atom. The number of hydrogen-bond donors (Lipinski definition) is 3. The molecular formula is C60H68N6O. The molecule has 3 N–H and O–H groups in total. The van der Waals surface area contributed by atoms with Gasteiger partial charge < -0.3 is 13.9 Å². The molecule has 0 saturated carbocycles. The molecule has 67 heavy (non-hydrogen) atoms. The molecule has 344 valence electrons. The topological polar surface area (TPSA) is 79.0 Å². The first kappa shape index (κ1) is 42.9. The minimum atomic E-state index is -0.254. The van der Waals surface area contributed by atoms with E-state index in [2.05, 4.69) is 166 Å². The first-order valence-electron chi connectivity index (χ1n) is 25.6. The summed E-state index contributed by atoms with van der Waals surface area (Å²) in [4.78, 5) is 0. The fourth-order valence-corrected chi connectivity index (χ4v) is 14.4. The zero-order valence-corrected chi connectivity index (χ0v) is 40.9. The van der Waals surface area contributed by atoms with E-state index in [1.54, 1.807) is 0 Å². The summed E-state index contributed by atoms with van der Waals surface area (Å²) in [5.41, 5.74) is 22.1. The SMILES string of the molecule is CC1=Cc2c3c(n(C4=CC(n5c6c(c7cc(C)cc(C)c75)C=C(C)CC6C)C(C#N)CC4C4NC(C5=CC=CCC5)NC(C5=C6C(=CCC5)OC5=CC=CCC56)N4)c2C(C)C1)C(C)=CC(C)C3. The highest BCUT2D eigenvalue weighted by molar-refractivity contribution is 5.95. The molecule has 4 heterocycles. The van der Waals surface area contributed by atoms with E-state index in [4.69, 9.17) is 4.74 Å². The molecule has 0 spiro atoms. The van der Waals surface area contributed by atoms with Crippen LogP contribution in [0.5, 0.6) is 0 Å². The Balaban J connectivity index is 1.09. The van der Waals surface area contributed by atoms with Crippen LogP contribution in [-0.2, 0) is 11.2 Å². The highest BCUT2D eigenvalue weighted by atomic mass is 16.5. The van der Waals surface area contributed by atoms with E-state index >= 15 is 0 Å². The summed E-state index contributed by atoms with van der Waals surface area (Å²) in [6.45, 7) is 18.7. The second-order valence-corrected chi connectivity index (χ2v) is 22.0. The van der Waals surface area contributed by atoms with Gasteiger partial charge in [-0.2, -0.15) is 5.26 Å². The van der Waals surface area contributed by atoms with E-state index in [1.165, 1.54) is 94.9 Å². The predicted molar refractivity (Wildman–Crippen MR) is 274 cm³/mol. The van der Waals surface area contributed by atoms with Gasteiger partial charge in [-0.1, -0.05) is 92.2 Å². The first-order chi connectivity index (χ1) is 32.4. The number of fused-ring (bicyclic) bond motifs is 9. The molecule has 10 atom stereocenters. The molecule has 2 fully saturated rings. The van der Waals surface area contributed by atoms with Gasteiger partial charge in [0.2, 0.25) is 0 Å². The van der Waals surface area contributed by atoms with Gasteiger partial charge in [-0.05, 0) is 156 Å². The highest BCUT2D eigenvalue weighted by Crippen LogP contribution is 2.53. The van der Waals surface area contributed by atoms with E-state index in [1.807, 2.05) is 0 Å². The van der Waals surface area contributed by atoms with Crippen molar-refractivity contribution < 1.29 is 4.74 Å². The molecular weight excluding hydrogens is 821 g/mol. The summed E-state index contributed by atoms with van der Waals surface area (Å²) < 4.78 is 12.0. The predicted octanol–water partition coefficient (Wildman–Crippen LogP) is 13.2. The summed E-state index contributed by atoms with van der Waals surface area (Å²) in [7, 11) is 0. The van der Waals surface area contributed by atoms with E-state index in [0.29, 0.717) is 17.8 Å². The van der Waals surface area contributed by atoms with Crippen LogP contribution in [0.2, 0.25) is 0 Å². The number of nitrogens with zero attached hydrogens (tertiary/aromatic N) is 3. The molecule has 7 aliphatic carbocycles. The summed E-state index contributed by atoms with van der Waals surface area (Å²) in [5.74, 6) is 3.26. The average Bonchev–Trinajstić information content (AvgIpc) is 3.97. The maximum absolute atomic E-state index is 11.7. The van der Waals surface area contributed by atoms with Gasteiger partial charge >= 0.3 is 0 Å². The van der Waals surface area contributed by atoms with Crippen molar-refractivity contribution in [3.63, 3.8) is 0 Å². The molecule has 10 unspecified atom stereocenters. The van der Waals surface area contributed by atoms with Gasteiger partial charge in [0, 0.05) is 57.3 Å². The summed E-state index contributed by atoms with van der Waals surface area (Å²) in [6, 6.07) is 7.63. The lowest BCUT2D eigenvalue weighted by Gasteiger charge is -2.47. The van der Waals surface area contributed by atoms with Crippen LogP contribution in [0, 0.1) is 48.9 Å². The van der Waals surface area contributed by atoms with Crippen molar-refractivity contribution in [3.05, 3.63) is 151 Å². The van der Waals surface area contributed by atoms with Gasteiger partial charge in [0.1, 0.15) is 11.5 Å². The molecule has 12 rings (SSSR count). The van der Waals surface area contributed by atoms with Gasteiger partial charge in [-0.25, -0.2) is 0 Å². The molecule has 0 radical (unpaired) electrons.